The Labute approximate surface area is 438 Å². The first-order valence-corrected chi connectivity index (χ1v) is 26.5. The molecule has 11 aromatic rings. The van der Waals surface area contributed by atoms with Gasteiger partial charge in [0.2, 0.25) is 0 Å². The van der Waals surface area contributed by atoms with E-state index in [0.717, 1.165) is 35.6 Å². The maximum Gasteiger partial charge on any atom is 0.0631 e. The van der Waals surface area contributed by atoms with E-state index >= 15 is 0 Å². The highest BCUT2D eigenvalue weighted by Crippen LogP contribution is 2.60. The molecule has 3 nitrogen and oxygen atoms in total. The molecule has 75 heavy (non-hydrogen) atoms. The zero-order chi connectivity index (χ0) is 50.2. The van der Waals surface area contributed by atoms with Crippen molar-refractivity contribution in [2.75, 3.05) is 4.90 Å². The number of rotatable bonds is 7. The van der Waals surface area contributed by atoms with Gasteiger partial charge in [-0.3, -0.25) is 0 Å². The smallest absolute Gasteiger partial charge is 0.0631 e. The lowest BCUT2D eigenvalue weighted by molar-refractivity contribution is 0.649. The monoisotopic (exact) mass is 959 g/mol. The van der Waals surface area contributed by atoms with E-state index < -0.39 is 0 Å². The van der Waals surface area contributed by atoms with Crippen molar-refractivity contribution < 1.29 is 0 Å². The third-order valence-corrected chi connectivity index (χ3v) is 17.0. The van der Waals surface area contributed by atoms with E-state index in [1.807, 2.05) is 0 Å². The Hall–Kier alpha value is -9.10. The van der Waals surface area contributed by atoms with Crippen molar-refractivity contribution in [1.29, 1.82) is 0 Å². The Bertz CT molecular complexity index is 4350. The number of nitrogens with zero attached hydrogens (tertiary/aromatic N) is 3. The molecule has 0 N–H and O–H groups in total. The van der Waals surface area contributed by atoms with Crippen LogP contribution in [0.3, 0.4) is 0 Å². The number of aromatic nitrogens is 2. The zero-order valence-corrected chi connectivity index (χ0v) is 42.6. The number of allylic oxidation sites excluding steroid dienone is 4. The molecule has 0 atom stereocenters. The van der Waals surface area contributed by atoms with Gasteiger partial charge in [0, 0.05) is 61.3 Å². The fourth-order valence-electron chi connectivity index (χ4n) is 13.5. The van der Waals surface area contributed by atoms with E-state index in [2.05, 4.69) is 278 Å². The first kappa shape index (κ1) is 43.5. The SMILES string of the molecule is CC1(C)c2cc3c(cc2-c2c(N(c4ccc(C5=CC=CCC5)cc4)c4ccc(-c5ccccc5)cc4)cccc21)C(C)(C)c1c-3cc(-n2c3ccccc3c3ccccc32)cc1-n1c2c(c3ccccc31)C=C=C=C2. The standard InChI is InChI=1S/C72H53N3/c1-71(2)60-28-19-33-67(73(50-38-34-48(35-39-50)46-20-7-5-8-21-46)51-40-36-49(37-41-51)47-22-9-6-10-23-47)69(60)59-45-61-57(44-62(59)71)58-42-52(74-63-29-15-11-24-53(63)54-25-12-16-30-64(54)74)43-68(70(58)72(61,3)4)75-65-31-17-13-26-55(65)56-27-14-18-32-66(56)75/h5-9,11-13,15-17,19-22,24-45H,10,23H2,1-4H3. The lowest BCUT2D eigenvalue weighted by Crippen LogP contribution is -2.19. The Balaban J connectivity index is 0.965. The van der Waals surface area contributed by atoms with Gasteiger partial charge in [-0.25, -0.2) is 0 Å². The van der Waals surface area contributed by atoms with Crippen molar-refractivity contribution in [3.05, 3.63) is 263 Å². The van der Waals surface area contributed by atoms with Crippen molar-refractivity contribution in [3.63, 3.8) is 0 Å². The van der Waals surface area contributed by atoms with Crippen molar-refractivity contribution in [2.24, 2.45) is 0 Å². The number of hydrogen-bond acceptors (Lipinski definition) is 1. The average Bonchev–Trinajstić information content (AvgIpc) is 4.25. The summed E-state index contributed by atoms with van der Waals surface area (Å²) in [6.45, 7) is 9.77. The number of fused-ring (bicyclic) bond motifs is 12. The van der Waals surface area contributed by atoms with Crippen LogP contribution in [-0.2, 0) is 10.8 Å². The molecular weight excluding hydrogens is 907 g/mol. The minimum atomic E-state index is -0.385. The van der Waals surface area contributed by atoms with Gasteiger partial charge in [-0.1, -0.05) is 179 Å². The van der Waals surface area contributed by atoms with Gasteiger partial charge < -0.3 is 14.0 Å². The number of hydrogen-bond donors (Lipinski definition) is 0. The Morgan fingerprint density at radius 3 is 1.77 bits per heavy atom. The molecule has 356 valence electrons. The predicted octanol–water partition coefficient (Wildman–Crippen LogP) is 19.0. The highest BCUT2D eigenvalue weighted by atomic mass is 15.1. The van der Waals surface area contributed by atoms with Crippen LogP contribution in [0.1, 0.15) is 79.6 Å². The van der Waals surface area contributed by atoms with Gasteiger partial charge in [0.05, 0.1) is 33.6 Å². The molecule has 9 aromatic carbocycles. The highest BCUT2D eigenvalue weighted by Gasteiger charge is 2.45. The second-order valence-electron chi connectivity index (χ2n) is 21.8. The van der Waals surface area contributed by atoms with E-state index in [4.69, 9.17) is 0 Å². The van der Waals surface area contributed by atoms with Crippen LogP contribution in [-0.4, -0.2) is 9.13 Å². The minimum absolute atomic E-state index is 0.289. The summed E-state index contributed by atoms with van der Waals surface area (Å²) in [6.07, 6.45) is 13.1. The molecule has 15 rings (SSSR count). The van der Waals surface area contributed by atoms with Crippen LogP contribution >= 0.6 is 0 Å². The lowest BCUT2D eigenvalue weighted by Gasteiger charge is -2.29. The quantitative estimate of drug-likeness (QED) is 0.145. The van der Waals surface area contributed by atoms with E-state index in [0.29, 0.717) is 0 Å². The van der Waals surface area contributed by atoms with E-state index in [1.54, 1.807) is 0 Å². The maximum absolute atomic E-state index is 3.36. The molecule has 2 heterocycles. The largest absolute Gasteiger partial charge is 0.310 e. The summed E-state index contributed by atoms with van der Waals surface area (Å²) in [6, 6.07) is 72.8. The van der Waals surface area contributed by atoms with E-state index in [9.17, 15) is 0 Å². The Morgan fingerprint density at radius 2 is 1.08 bits per heavy atom. The summed E-state index contributed by atoms with van der Waals surface area (Å²) in [5.41, 5.74) is 33.2. The normalized spacial score (nSPS) is 15.0. The van der Waals surface area contributed by atoms with Crippen LogP contribution in [0.2, 0.25) is 0 Å². The molecule has 2 aromatic heterocycles. The molecule has 0 amide bonds. The van der Waals surface area contributed by atoms with Crippen LogP contribution in [0.4, 0.5) is 17.1 Å². The summed E-state index contributed by atoms with van der Waals surface area (Å²) in [4.78, 5) is 2.50. The summed E-state index contributed by atoms with van der Waals surface area (Å²) < 4.78 is 5.00. The second kappa shape index (κ2) is 16.2. The Morgan fingerprint density at radius 1 is 0.480 bits per heavy atom. The predicted molar refractivity (Wildman–Crippen MR) is 315 cm³/mol. The molecule has 0 bridgehead atoms. The summed E-state index contributed by atoms with van der Waals surface area (Å²) in [7, 11) is 0. The maximum atomic E-state index is 3.36. The van der Waals surface area contributed by atoms with Crippen LogP contribution in [0.5, 0.6) is 0 Å². The van der Waals surface area contributed by atoms with Gasteiger partial charge in [-0.05, 0) is 153 Å². The minimum Gasteiger partial charge on any atom is -0.310 e. The third kappa shape index (κ3) is 6.36. The lowest BCUT2D eigenvalue weighted by atomic mass is 9.79. The molecule has 0 unspecified atom stereocenters. The van der Waals surface area contributed by atoms with Crippen LogP contribution in [0.25, 0.3) is 95.2 Å². The van der Waals surface area contributed by atoms with Gasteiger partial charge in [0.15, 0.2) is 0 Å². The zero-order valence-electron chi connectivity index (χ0n) is 42.6. The van der Waals surface area contributed by atoms with Crippen LogP contribution < -0.4 is 4.90 Å². The molecule has 4 aliphatic carbocycles. The molecule has 4 aliphatic rings. The van der Waals surface area contributed by atoms with Crippen molar-refractivity contribution in [3.8, 4) is 44.8 Å². The van der Waals surface area contributed by atoms with Crippen LogP contribution in [0.15, 0.2) is 224 Å². The Kier molecular flexibility index (Phi) is 9.39. The molecule has 0 aliphatic heterocycles. The second-order valence-corrected chi connectivity index (χ2v) is 21.8. The first-order chi connectivity index (χ1) is 36.7. The highest BCUT2D eigenvalue weighted by molar-refractivity contribution is 6.10. The molecule has 0 spiro atoms. The van der Waals surface area contributed by atoms with Crippen molar-refractivity contribution in [2.45, 2.75) is 51.4 Å². The molecule has 0 saturated carbocycles. The summed E-state index contributed by atoms with van der Waals surface area (Å²) in [5, 5.41) is 3.72. The fraction of sp³-hybridized carbons (Fsp3) is 0.111. The number of benzene rings is 9. The van der Waals surface area contributed by atoms with Gasteiger partial charge in [-0.2, -0.15) is 0 Å². The summed E-state index contributed by atoms with van der Waals surface area (Å²) >= 11 is 0. The van der Waals surface area contributed by atoms with E-state index in [1.165, 1.54) is 116 Å². The van der Waals surface area contributed by atoms with Gasteiger partial charge in [0.25, 0.3) is 0 Å². The van der Waals surface area contributed by atoms with Crippen molar-refractivity contribution >= 4 is 67.5 Å². The van der Waals surface area contributed by atoms with Crippen molar-refractivity contribution in [1.82, 2.24) is 9.13 Å². The summed E-state index contributed by atoms with van der Waals surface area (Å²) in [5.74, 6) is 0. The molecule has 3 heteroatoms. The first-order valence-electron chi connectivity index (χ1n) is 26.5. The third-order valence-electron chi connectivity index (χ3n) is 17.0. The number of anilines is 3. The fourth-order valence-corrected chi connectivity index (χ4v) is 13.5. The van der Waals surface area contributed by atoms with E-state index in [-0.39, 0.29) is 10.8 Å². The van der Waals surface area contributed by atoms with Crippen LogP contribution in [0, 0.1) is 0 Å². The molecule has 0 fully saturated rings. The molecule has 0 radical (unpaired) electrons. The molecular formula is C72H53N3. The van der Waals surface area contributed by atoms with Gasteiger partial charge in [-0.15, -0.1) is 0 Å². The average molecular weight is 960 g/mol. The molecule has 0 saturated heterocycles. The number of para-hydroxylation sites is 3. The topological polar surface area (TPSA) is 13.1 Å². The van der Waals surface area contributed by atoms with Gasteiger partial charge >= 0.3 is 0 Å². The van der Waals surface area contributed by atoms with Gasteiger partial charge in [0.1, 0.15) is 0 Å².